The average molecular weight is 433 g/mol. The van der Waals surface area contributed by atoms with Crippen LogP contribution < -0.4 is 0 Å². The number of thiophene rings is 1. The molecule has 0 spiro atoms. The van der Waals surface area contributed by atoms with Crippen LogP contribution in [-0.2, 0) is 25.6 Å². The van der Waals surface area contributed by atoms with Crippen molar-refractivity contribution in [2.24, 2.45) is 5.41 Å². The maximum atomic E-state index is 12.5. The molecule has 3 nitrogen and oxygen atoms in total. The van der Waals surface area contributed by atoms with Gasteiger partial charge in [-0.1, -0.05) is 25.4 Å². The predicted molar refractivity (Wildman–Crippen MR) is 97.6 cm³/mol. The molecular weight excluding hydrogens is 416 g/mol. The first-order chi connectivity index (χ1) is 11.3. The fraction of sp³-hybridized carbons (Fsp3) is 0.533. The number of rotatable bonds is 5. The molecule has 0 bridgehead atoms. The zero-order valence-corrected chi connectivity index (χ0v) is 17.1. The van der Waals surface area contributed by atoms with Crippen molar-refractivity contribution in [1.82, 2.24) is 0 Å². The van der Waals surface area contributed by atoms with E-state index in [9.17, 15) is 18.0 Å². The Bertz CT molecular complexity index is 755. The Hall–Kier alpha value is -0.400. The van der Waals surface area contributed by atoms with E-state index in [0.717, 1.165) is 0 Å². The molecule has 0 N–H and O–H groups in total. The number of alkyl halides is 3. The highest BCUT2D eigenvalue weighted by Gasteiger charge is 2.40. The molecule has 0 radical (unpaired) electrons. The number of allylic oxidation sites excluding steroid dienone is 2. The number of ketones is 1. The maximum absolute atomic E-state index is 12.5. The minimum Gasteiger partial charge on any atom is -0.447 e. The van der Waals surface area contributed by atoms with Crippen molar-refractivity contribution in [3.63, 3.8) is 0 Å². The number of hydrogen-bond acceptors (Lipinski definition) is 5. The predicted octanol–water partition coefficient (Wildman–Crippen LogP) is 6.04. The Morgan fingerprint density at radius 1 is 1.44 bits per heavy atom. The van der Waals surface area contributed by atoms with Gasteiger partial charge in [0.15, 0.2) is 12.4 Å². The lowest BCUT2D eigenvalue weighted by Gasteiger charge is -2.36. The summed E-state index contributed by atoms with van der Waals surface area (Å²) in [6.07, 6.45) is -3.70. The molecule has 0 aliphatic heterocycles. The summed E-state index contributed by atoms with van der Waals surface area (Å²) in [5, 5.41) is 1.74. The average Bonchev–Trinajstić information content (AvgIpc) is 2.87. The highest BCUT2D eigenvalue weighted by molar-refractivity contribution is 8.09. The molecular formula is C15H17ClF3O3PS2. The zero-order valence-electron chi connectivity index (χ0n) is 13.8. The lowest BCUT2D eigenvalue weighted by molar-refractivity contribution is -0.153. The number of Topliss-reactive ketones (excluding diaryl/α,β-unsaturated/α-hetero) is 1. The quantitative estimate of drug-likeness (QED) is 0.532. The minimum atomic E-state index is -4.50. The van der Waals surface area contributed by atoms with Crippen molar-refractivity contribution in [3.8, 4) is 0 Å². The van der Waals surface area contributed by atoms with Crippen LogP contribution in [0.25, 0.3) is 5.57 Å². The van der Waals surface area contributed by atoms with Crippen molar-refractivity contribution in [2.75, 3.05) is 13.3 Å². The monoisotopic (exact) mass is 432 g/mol. The molecule has 140 valence electrons. The summed E-state index contributed by atoms with van der Waals surface area (Å²) in [6.45, 7) is 0.289. The molecule has 1 aliphatic rings. The topological polar surface area (TPSA) is 35.5 Å². The molecule has 0 saturated heterocycles. The fourth-order valence-corrected chi connectivity index (χ4v) is 4.84. The normalized spacial score (nSPS) is 20.5. The second kappa shape index (κ2) is 7.31. The van der Waals surface area contributed by atoms with Gasteiger partial charge in [0.2, 0.25) is 6.49 Å². The van der Waals surface area contributed by atoms with Gasteiger partial charge in [-0.3, -0.25) is 4.79 Å². The van der Waals surface area contributed by atoms with Crippen LogP contribution in [0.15, 0.2) is 17.2 Å². The lowest BCUT2D eigenvalue weighted by Crippen LogP contribution is -2.27. The second-order valence-corrected chi connectivity index (χ2v) is 11.9. The van der Waals surface area contributed by atoms with Crippen LogP contribution in [0.2, 0.25) is 4.34 Å². The highest BCUT2D eigenvalue weighted by atomic mass is 35.5. The number of halogens is 4. The zero-order chi connectivity index (χ0) is 19.0. The fourth-order valence-electron chi connectivity index (χ4n) is 2.43. The molecule has 1 aliphatic carbocycles. The van der Waals surface area contributed by atoms with Gasteiger partial charge >= 0.3 is 6.18 Å². The van der Waals surface area contributed by atoms with Crippen molar-refractivity contribution in [1.29, 1.82) is 0 Å². The van der Waals surface area contributed by atoms with E-state index in [4.69, 9.17) is 32.5 Å². The van der Waals surface area contributed by atoms with E-state index in [1.807, 2.05) is 13.8 Å². The second-order valence-electron chi connectivity index (χ2n) is 6.37. The molecule has 0 amide bonds. The minimum absolute atomic E-state index is 0.166. The van der Waals surface area contributed by atoms with Gasteiger partial charge < -0.3 is 9.05 Å². The van der Waals surface area contributed by atoms with E-state index >= 15 is 0 Å². The van der Waals surface area contributed by atoms with E-state index in [1.165, 1.54) is 18.0 Å². The van der Waals surface area contributed by atoms with Gasteiger partial charge in [0.1, 0.15) is 10.1 Å². The molecule has 0 saturated carbocycles. The van der Waals surface area contributed by atoms with E-state index in [-0.39, 0.29) is 17.1 Å². The smallest absolute Gasteiger partial charge is 0.412 e. The van der Waals surface area contributed by atoms with E-state index in [0.29, 0.717) is 22.7 Å². The van der Waals surface area contributed by atoms with E-state index in [1.54, 1.807) is 11.4 Å². The van der Waals surface area contributed by atoms with Crippen molar-refractivity contribution >= 4 is 52.6 Å². The SMILES string of the molecule is CC1(C)CCC(=O)C(c2ccsc2Cl)=C1OP(C)(=S)OCC(F)(F)F. The third-order valence-electron chi connectivity index (χ3n) is 3.70. The van der Waals surface area contributed by atoms with Gasteiger partial charge in [0, 0.05) is 24.1 Å². The highest BCUT2D eigenvalue weighted by Crippen LogP contribution is 2.55. The third-order valence-corrected chi connectivity index (χ3v) is 6.53. The first kappa shape index (κ1) is 20.9. The molecule has 25 heavy (non-hydrogen) atoms. The van der Waals surface area contributed by atoms with Crippen LogP contribution in [0, 0.1) is 5.41 Å². The first-order valence-electron chi connectivity index (χ1n) is 7.32. The molecule has 1 aromatic heterocycles. The Morgan fingerprint density at radius 2 is 2.08 bits per heavy atom. The lowest BCUT2D eigenvalue weighted by atomic mass is 9.76. The van der Waals surface area contributed by atoms with E-state index < -0.39 is 24.7 Å². The van der Waals surface area contributed by atoms with Crippen molar-refractivity contribution in [2.45, 2.75) is 32.9 Å². The Kier molecular flexibility index (Phi) is 6.12. The Balaban J connectivity index is 2.45. The summed E-state index contributed by atoms with van der Waals surface area (Å²) >= 11 is 12.6. The van der Waals surface area contributed by atoms with Crippen LogP contribution in [0.5, 0.6) is 0 Å². The van der Waals surface area contributed by atoms with E-state index in [2.05, 4.69) is 0 Å². The van der Waals surface area contributed by atoms with Crippen molar-refractivity contribution < 1.29 is 27.0 Å². The number of carbonyl (C=O) groups excluding carboxylic acids is 1. The van der Waals surface area contributed by atoms with Crippen molar-refractivity contribution in [3.05, 3.63) is 27.1 Å². The molecule has 1 heterocycles. The Labute approximate surface area is 158 Å². The molecule has 10 heteroatoms. The molecule has 0 aromatic carbocycles. The Morgan fingerprint density at radius 3 is 2.60 bits per heavy atom. The maximum Gasteiger partial charge on any atom is 0.412 e. The summed E-state index contributed by atoms with van der Waals surface area (Å²) in [5.74, 6) is 0.0949. The molecule has 0 fully saturated rings. The summed E-state index contributed by atoms with van der Waals surface area (Å²) in [4.78, 5) is 12.5. The largest absolute Gasteiger partial charge is 0.447 e. The van der Waals surface area contributed by atoms with Gasteiger partial charge in [-0.05, 0) is 29.7 Å². The van der Waals surface area contributed by atoms with Crippen LogP contribution >= 0.6 is 29.4 Å². The summed E-state index contributed by atoms with van der Waals surface area (Å²) in [5.41, 5.74) is 0.232. The molecule has 1 aromatic rings. The summed E-state index contributed by atoms with van der Waals surface area (Å²) in [6, 6.07) is 1.70. The van der Waals surface area contributed by atoms with Crippen LogP contribution in [0.3, 0.4) is 0 Å². The summed E-state index contributed by atoms with van der Waals surface area (Å²) in [7, 11) is 0. The first-order valence-corrected chi connectivity index (χ1v) is 11.7. The van der Waals surface area contributed by atoms with Crippen LogP contribution in [0.4, 0.5) is 13.2 Å². The standard InChI is InChI=1S/C15H17ClF3O3PS2/c1-14(2)6-4-10(20)11(9-5-7-25-13(9)16)12(14)22-23(3,24)21-8-15(17,18)19/h5,7H,4,6,8H2,1-3H3. The number of hydrogen-bond donors (Lipinski definition) is 0. The van der Waals surface area contributed by atoms with Crippen LogP contribution in [0.1, 0.15) is 32.3 Å². The molecule has 1 atom stereocenters. The van der Waals surface area contributed by atoms with Gasteiger partial charge in [0.25, 0.3) is 0 Å². The van der Waals surface area contributed by atoms with Gasteiger partial charge in [-0.25, -0.2) is 0 Å². The number of carbonyl (C=O) groups is 1. The van der Waals surface area contributed by atoms with Gasteiger partial charge in [-0.2, -0.15) is 13.2 Å². The van der Waals surface area contributed by atoms with Gasteiger partial charge in [-0.15, -0.1) is 11.3 Å². The summed E-state index contributed by atoms with van der Waals surface area (Å²) < 4.78 is 48.3. The molecule has 2 rings (SSSR count). The third kappa shape index (κ3) is 5.30. The molecule has 1 unspecified atom stereocenters. The van der Waals surface area contributed by atoms with Gasteiger partial charge in [0.05, 0.1) is 5.57 Å². The van der Waals surface area contributed by atoms with Crippen LogP contribution in [-0.4, -0.2) is 25.2 Å².